The average Bonchev–Trinajstić information content (AvgIpc) is 1.96. The van der Waals surface area contributed by atoms with Crippen LogP contribution in [0.5, 0.6) is 0 Å². The van der Waals surface area contributed by atoms with E-state index < -0.39 is 6.29 Å². The van der Waals surface area contributed by atoms with Crippen molar-refractivity contribution in [2.45, 2.75) is 39.6 Å². The molecule has 1 N–H and O–H groups in total. The molecule has 0 aromatic carbocycles. The van der Waals surface area contributed by atoms with Crippen LogP contribution in [0.15, 0.2) is 0 Å². The minimum Gasteiger partial charge on any atom is -0.368 e. The largest absolute Gasteiger partial charge is 0.368 e. The second-order valence-corrected chi connectivity index (χ2v) is 4.55. The molecule has 6 atom stereocenters. The molecule has 2 fully saturated rings. The molecule has 2 rings (SSSR count). The lowest BCUT2D eigenvalue weighted by Crippen LogP contribution is -2.54. The van der Waals surface area contributed by atoms with Gasteiger partial charge in [-0.25, -0.2) is 0 Å². The average molecular weight is 170 g/mol. The smallest absolute Gasteiger partial charge is 0.157 e. The van der Waals surface area contributed by atoms with E-state index in [0.29, 0.717) is 17.8 Å². The first kappa shape index (κ1) is 8.52. The van der Waals surface area contributed by atoms with E-state index in [2.05, 4.69) is 20.8 Å². The quantitative estimate of drug-likeness (QED) is 0.598. The maximum absolute atomic E-state index is 9.53. The molecular weight excluding hydrogens is 152 g/mol. The van der Waals surface area contributed by atoms with E-state index in [4.69, 9.17) is 4.74 Å². The van der Waals surface area contributed by atoms with Gasteiger partial charge in [-0.15, -0.1) is 0 Å². The number of fused-ring (bicyclic) bond motifs is 1. The molecule has 0 amide bonds. The van der Waals surface area contributed by atoms with Crippen molar-refractivity contribution in [1.82, 2.24) is 0 Å². The van der Waals surface area contributed by atoms with Gasteiger partial charge in [0.2, 0.25) is 0 Å². The van der Waals surface area contributed by atoms with Crippen LogP contribution >= 0.6 is 0 Å². The molecule has 2 nitrogen and oxygen atoms in total. The molecule has 1 saturated heterocycles. The summed E-state index contributed by atoms with van der Waals surface area (Å²) in [6, 6.07) is 0. The molecule has 12 heavy (non-hydrogen) atoms. The van der Waals surface area contributed by atoms with Crippen LogP contribution in [-0.4, -0.2) is 17.5 Å². The number of ether oxygens (including phenoxy) is 1. The molecule has 2 heteroatoms. The Morgan fingerprint density at radius 3 is 2.50 bits per heavy atom. The Hall–Kier alpha value is -0.0800. The lowest BCUT2D eigenvalue weighted by atomic mass is 9.58. The van der Waals surface area contributed by atoms with Crippen molar-refractivity contribution in [1.29, 1.82) is 0 Å². The van der Waals surface area contributed by atoms with Crippen LogP contribution in [0.3, 0.4) is 0 Å². The monoisotopic (exact) mass is 170 g/mol. The highest BCUT2D eigenvalue weighted by Gasteiger charge is 2.50. The van der Waals surface area contributed by atoms with Crippen LogP contribution in [-0.2, 0) is 4.74 Å². The Morgan fingerprint density at radius 2 is 1.92 bits per heavy atom. The number of hydrogen-bond donors (Lipinski definition) is 1. The highest BCUT2D eigenvalue weighted by molar-refractivity contribution is 4.96. The van der Waals surface area contributed by atoms with Crippen LogP contribution in [0, 0.1) is 23.7 Å². The minimum atomic E-state index is -0.520. The predicted octanol–water partition coefficient (Wildman–Crippen LogP) is 1.63. The van der Waals surface area contributed by atoms with Gasteiger partial charge in [-0.2, -0.15) is 0 Å². The van der Waals surface area contributed by atoms with Crippen molar-refractivity contribution in [3.05, 3.63) is 0 Å². The van der Waals surface area contributed by atoms with Crippen LogP contribution in [0.25, 0.3) is 0 Å². The van der Waals surface area contributed by atoms with Crippen molar-refractivity contribution in [3.8, 4) is 0 Å². The van der Waals surface area contributed by atoms with Crippen molar-refractivity contribution < 1.29 is 9.84 Å². The molecule has 0 radical (unpaired) electrons. The van der Waals surface area contributed by atoms with E-state index in [-0.39, 0.29) is 6.10 Å². The van der Waals surface area contributed by atoms with Gasteiger partial charge in [0.05, 0.1) is 6.10 Å². The molecule has 0 aromatic rings. The lowest BCUT2D eigenvalue weighted by molar-refractivity contribution is -0.259. The fourth-order valence-corrected chi connectivity index (χ4v) is 2.99. The van der Waals surface area contributed by atoms with Gasteiger partial charge in [0.1, 0.15) is 0 Å². The van der Waals surface area contributed by atoms with E-state index in [0.717, 1.165) is 5.92 Å². The molecule has 1 saturated carbocycles. The first-order valence-corrected chi connectivity index (χ1v) is 4.94. The summed E-state index contributed by atoms with van der Waals surface area (Å²) in [6.07, 6.45) is 1.01. The first-order chi connectivity index (χ1) is 5.61. The summed E-state index contributed by atoms with van der Waals surface area (Å²) in [6.45, 7) is 6.47. The standard InChI is InChI=1S/C10H18O2/c1-5-4-8-6(2)10(11)12-7(3)9(5)8/h5-11H,4H2,1-3H3/t5?,6?,7?,8-,9-,10?/m1/s1. The van der Waals surface area contributed by atoms with E-state index in [9.17, 15) is 5.11 Å². The molecule has 0 spiro atoms. The topological polar surface area (TPSA) is 29.5 Å². The summed E-state index contributed by atoms with van der Waals surface area (Å²) in [4.78, 5) is 0. The number of rotatable bonds is 0. The Labute approximate surface area is 73.9 Å². The third-order valence-corrected chi connectivity index (χ3v) is 3.82. The van der Waals surface area contributed by atoms with Gasteiger partial charge in [0, 0.05) is 5.92 Å². The fourth-order valence-electron chi connectivity index (χ4n) is 2.99. The van der Waals surface area contributed by atoms with E-state index in [1.165, 1.54) is 6.42 Å². The first-order valence-electron chi connectivity index (χ1n) is 4.94. The van der Waals surface area contributed by atoms with Gasteiger partial charge < -0.3 is 9.84 Å². The molecule has 0 aromatic heterocycles. The van der Waals surface area contributed by atoms with E-state index in [1.54, 1.807) is 0 Å². The van der Waals surface area contributed by atoms with Crippen molar-refractivity contribution in [3.63, 3.8) is 0 Å². The van der Waals surface area contributed by atoms with Crippen molar-refractivity contribution in [2.75, 3.05) is 0 Å². The number of hydrogen-bond acceptors (Lipinski definition) is 2. The van der Waals surface area contributed by atoms with Gasteiger partial charge in [0.25, 0.3) is 0 Å². The molecule has 1 aliphatic carbocycles. The summed E-state index contributed by atoms with van der Waals surface area (Å²) >= 11 is 0. The second kappa shape index (κ2) is 2.71. The normalized spacial score (nSPS) is 59.0. The fraction of sp³-hybridized carbons (Fsp3) is 1.00. The van der Waals surface area contributed by atoms with Crippen LogP contribution in [0.2, 0.25) is 0 Å². The van der Waals surface area contributed by atoms with Gasteiger partial charge >= 0.3 is 0 Å². The Balaban J connectivity index is 2.09. The van der Waals surface area contributed by atoms with Crippen LogP contribution < -0.4 is 0 Å². The zero-order chi connectivity index (χ0) is 8.88. The summed E-state index contributed by atoms with van der Waals surface area (Å²) in [7, 11) is 0. The highest BCUT2D eigenvalue weighted by atomic mass is 16.6. The van der Waals surface area contributed by atoms with Crippen molar-refractivity contribution >= 4 is 0 Å². The highest BCUT2D eigenvalue weighted by Crippen LogP contribution is 2.51. The maximum Gasteiger partial charge on any atom is 0.157 e. The van der Waals surface area contributed by atoms with E-state index in [1.807, 2.05) is 0 Å². The summed E-state index contributed by atoms with van der Waals surface area (Å²) < 4.78 is 5.46. The molecular formula is C10H18O2. The number of aliphatic hydroxyl groups is 1. The molecule has 1 aliphatic heterocycles. The maximum atomic E-state index is 9.53. The predicted molar refractivity (Wildman–Crippen MR) is 46.5 cm³/mol. The van der Waals surface area contributed by atoms with Gasteiger partial charge in [-0.3, -0.25) is 0 Å². The van der Waals surface area contributed by atoms with Gasteiger partial charge in [-0.05, 0) is 31.1 Å². The Kier molecular flexibility index (Phi) is 1.92. The molecule has 2 aliphatic rings. The third-order valence-electron chi connectivity index (χ3n) is 3.82. The zero-order valence-electron chi connectivity index (χ0n) is 8.03. The SMILES string of the molecule is CC1C[C@@H]2C(C)C(O)OC(C)[C@@H]12. The molecule has 1 heterocycles. The number of aliphatic hydroxyl groups excluding tert-OH is 1. The molecule has 0 bridgehead atoms. The zero-order valence-corrected chi connectivity index (χ0v) is 8.03. The van der Waals surface area contributed by atoms with Gasteiger partial charge in [-0.1, -0.05) is 13.8 Å². The third kappa shape index (κ3) is 1.01. The molecule has 70 valence electrons. The second-order valence-electron chi connectivity index (χ2n) is 4.55. The molecule has 4 unspecified atom stereocenters. The lowest BCUT2D eigenvalue weighted by Gasteiger charge is -2.54. The summed E-state index contributed by atoms with van der Waals surface area (Å²) in [5.41, 5.74) is 0. The van der Waals surface area contributed by atoms with Crippen molar-refractivity contribution in [2.24, 2.45) is 23.7 Å². The van der Waals surface area contributed by atoms with Gasteiger partial charge in [0.15, 0.2) is 6.29 Å². The summed E-state index contributed by atoms with van der Waals surface area (Å²) in [5.74, 6) is 2.53. The van der Waals surface area contributed by atoms with Crippen LogP contribution in [0.1, 0.15) is 27.2 Å². The Bertz CT molecular complexity index is 181. The minimum absolute atomic E-state index is 0.255. The van der Waals surface area contributed by atoms with E-state index >= 15 is 0 Å². The Morgan fingerprint density at radius 1 is 1.25 bits per heavy atom. The van der Waals surface area contributed by atoms with Crippen LogP contribution in [0.4, 0.5) is 0 Å². The summed E-state index contributed by atoms with van der Waals surface area (Å²) in [5, 5.41) is 9.53.